The summed E-state index contributed by atoms with van der Waals surface area (Å²) in [6, 6.07) is 0. The largest absolute Gasteiger partial charge is 0.462 e. The van der Waals surface area contributed by atoms with Gasteiger partial charge in [-0.15, -0.1) is 0 Å². The van der Waals surface area contributed by atoms with Crippen molar-refractivity contribution in [2.24, 2.45) is 17.3 Å². The van der Waals surface area contributed by atoms with Crippen molar-refractivity contribution in [2.75, 3.05) is 0 Å². The lowest BCUT2D eigenvalue weighted by Gasteiger charge is -2.48. The van der Waals surface area contributed by atoms with Crippen molar-refractivity contribution in [1.29, 1.82) is 0 Å². The first kappa shape index (κ1) is 17.2. The van der Waals surface area contributed by atoms with Crippen LogP contribution in [0.1, 0.15) is 59.8 Å². The molecule has 0 heterocycles. The van der Waals surface area contributed by atoms with Gasteiger partial charge in [-0.3, -0.25) is 9.59 Å². The van der Waals surface area contributed by atoms with Gasteiger partial charge in [0.15, 0.2) is 5.78 Å². The minimum Gasteiger partial charge on any atom is -0.462 e. The third-order valence-corrected chi connectivity index (χ3v) is 6.38. The van der Waals surface area contributed by atoms with Gasteiger partial charge in [-0.25, -0.2) is 0 Å². The fourth-order valence-electron chi connectivity index (χ4n) is 5.01. The summed E-state index contributed by atoms with van der Waals surface area (Å²) in [5.41, 5.74) is 3.96. The summed E-state index contributed by atoms with van der Waals surface area (Å²) in [6.45, 7) is 7.96. The molecule has 0 aromatic carbocycles. The Bertz CT molecular complexity index is 652. The number of allylic oxidation sites excluding steroid dienone is 5. The zero-order valence-corrected chi connectivity index (χ0v) is 15.2. The summed E-state index contributed by atoms with van der Waals surface area (Å²) in [6.07, 6.45) is 10.9. The average molecular weight is 328 g/mol. The van der Waals surface area contributed by atoms with Crippen LogP contribution >= 0.6 is 0 Å². The fraction of sp³-hybridized carbons (Fsp3) is 0.619. The van der Waals surface area contributed by atoms with Crippen molar-refractivity contribution < 1.29 is 14.3 Å². The topological polar surface area (TPSA) is 43.4 Å². The highest BCUT2D eigenvalue weighted by molar-refractivity contribution is 5.93. The molecule has 3 heteroatoms. The Hall–Kier alpha value is -1.64. The van der Waals surface area contributed by atoms with Crippen LogP contribution in [0.15, 0.2) is 34.9 Å². The summed E-state index contributed by atoms with van der Waals surface area (Å²) in [5, 5.41) is 0. The molecule has 0 saturated carbocycles. The third-order valence-electron chi connectivity index (χ3n) is 6.38. The number of hydrogen-bond acceptors (Lipinski definition) is 3. The molecular formula is C21H28O3. The van der Waals surface area contributed by atoms with Gasteiger partial charge in [-0.2, -0.15) is 0 Å². The second-order valence-electron chi connectivity index (χ2n) is 7.68. The predicted octanol–water partition coefficient (Wildman–Crippen LogP) is 4.54. The summed E-state index contributed by atoms with van der Waals surface area (Å²) >= 11 is 0. The monoisotopic (exact) mass is 328 g/mol. The van der Waals surface area contributed by atoms with Gasteiger partial charge in [-0.1, -0.05) is 32.4 Å². The molecule has 0 saturated heterocycles. The molecule has 0 fully saturated rings. The lowest BCUT2D eigenvalue weighted by Crippen LogP contribution is -2.45. The predicted molar refractivity (Wildman–Crippen MR) is 94.3 cm³/mol. The van der Waals surface area contributed by atoms with Gasteiger partial charge < -0.3 is 4.74 Å². The van der Waals surface area contributed by atoms with Crippen LogP contribution in [-0.2, 0) is 14.3 Å². The summed E-state index contributed by atoms with van der Waals surface area (Å²) in [4.78, 5) is 23.2. The van der Waals surface area contributed by atoms with Gasteiger partial charge in [0.05, 0.1) is 0 Å². The average Bonchev–Trinajstić information content (AvgIpc) is 2.53. The van der Waals surface area contributed by atoms with Gasteiger partial charge in [0.1, 0.15) is 6.10 Å². The molecule has 0 bridgehead atoms. The van der Waals surface area contributed by atoms with E-state index in [1.54, 1.807) is 0 Å². The van der Waals surface area contributed by atoms with Crippen LogP contribution in [0.3, 0.4) is 0 Å². The molecule has 3 aliphatic rings. The molecule has 0 N–H and O–H groups in total. The third kappa shape index (κ3) is 2.78. The molecule has 3 rings (SSSR count). The first-order chi connectivity index (χ1) is 11.4. The van der Waals surface area contributed by atoms with Gasteiger partial charge in [0, 0.05) is 18.8 Å². The van der Waals surface area contributed by atoms with Gasteiger partial charge in [0.25, 0.3) is 0 Å². The van der Waals surface area contributed by atoms with E-state index in [0.29, 0.717) is 18.3 Å². The Balaban J connectivity index is 2.02. The van der Waals surface area contributed by atoms with Gasteiger partial charge in [0.2, 0.25) is 0 Å². The smallest absolute Gasteiger partial charge is 0.302 e. The van der Waals surface area contributed by atoms with Crippen molar-refractivity contribution >= 4 is 11.8 Å². The van der Waals surface area contributed by atoms with Crippen LogP contribution < -0.4 is 0 Å². The molecule has 4 atom stereocenters. The van der Waals surface area contributed by atoms with Crippen LogP contribution in [-0.4, -0.2) is 17.9 Å². The van der Waals surface area contributed by atoms with Crippen LogP contribution in [0.25, 0.3) is 0 Å². The number of esters is 1. The normalized spacial score (nSPS) is 33.5. The highest BCUT2D eigenvalue weighted by atomic mass is 16.5. The van der Waals surface area contributed by atoms with E-state index in [4.69, 9.17) is 4.74 Å². The van der Waals surface area contributed by atoms with E-state index in [0.717, 1.165) is 25.7 Å². The molecule has 0 aliphatic heterocycles. The van der Waals surface area contributed by atoms with Crippen LogP contribution in [0.2, 0.25) is 0 Å². The van der Waals surface area contributed by atoms with E-state index in [-0.39, 0.29) is 23.3 Å². The van der Waals surface area contributed by atoms with Crippen LogP contribution in [0, 0.1) is 17.3 Å². The van der Waals surface area contributed by atoms with Gasteiger partial charge >= 0.3 is 5.97 Å². The fourth-order valence-corrected chi connectivity index (χ4v) is 5.01. The Morgan fingerprint density at radius 2 is 2.12 bits per heavy atom. The number of carbonyl (C=O) groups is 2. The first-order valence-electron chi connectivity index (χ1n) is 9.20. The van der Waals surface area contributed by atoms with Gasteiger partial charge in [-0.05, 0) is 60.8 Å². The number of ether oxygens (including phenoxy) is 1. The van der Waals surface area contributed by atoms with Crippen molar-refractivity contribution in [3.63, 3.8) is 0 Å². The molecule has 0 radical (unpaired) electrons. The van der Waals surface area contributed by atoms with E-state index in [1.165, 1.54) is 23.6 Å². The van der Waals surface area contributed by atoms with E-state index in [1.807, 2.05) is 13.0 Å². The van der Waals surface area contributed by atoms with E-state index in [9.17, 15) is 9.59 Å². The minimum atomic E-state index is -0.212. The quantitative estimate of drug-likeness (QED) is 0.715. The molecule has 0 spiro atoms. The molecule has 0 aromatic heterocycles. The first-order valence-corrected chi connectivity index (χ1v) is 9.20. The maximum absolute atomic E-state index is 11.7. The number of carbonyl (C=O) groups excluding carboxylic acids is 2. The molecule has 130 valence electrons. The zero-order chi connectivity index (χ0) is 17.5. The molecule has 24 heavy (non-hydrogen) atoms. The van der Waals surface area contributed by atoms with Crippen LogP contribution in [0.4, 0.5) is 0 Å². The summed E-state index contributed by atoms with van der Waals surface area (Å²) < 4.78 is 5.56. The SMILES string of the molecule is CC[C@H]1[C@@H]2CCC3=CC(=O)CCC3=C2C=C[C@]1(C)C(C)OC(C)=O. The molecule has 3 nitrogen and oxygen atoms in total. The van der Waals surface area contributed by atoms with E-state index in [2.05, 4.69) is 26.0 Å². The highest BCUT2D eigenvalue weighted by Crippen LogP contribution is 2.53. The standard InChI is InChI=1S/C21H28O3/c1-5-20-19-8-6-15-12-16(23)7-9-17(15)18(19)10-11-21(20,4)13(2)24-14(3)22/h10-13,19-20H,5-9H2,1-4H3/t13?,19-,20+,21-/m1/s1. The molecule has 0 aromatic rings. The minimum absolute atomic E-state index is 0.132. The summed E-state index contributed by atoms with van der Waals surface area (Å²) in [5.74, 6) is 1.02. The Kier molecular flexibility index (Phi) is 4.54. The lowest BCUT2D eigenvalue weighted by atomic mass is 9.57. The van der Waals surface area contributed by atoms with Crippen molar-refractivity contribution in [3.05, 3.63) is 34.9 Å². The Morgan fingerprint density at radius 1 is 1.38 bits per heavy atom. The number of fused-ring (bicyclic) bond motifs is 2. The Labute approximate surface area is 144 Å². The maximum atomic E-state index is 11.7. The second kappa shape index (κ2) is 6.34. The summed E-state index contributed by atoms with van der Waals surface area (Å²) in [7, 11) is 0. The highest BCUT2D eigenvalue weighted by Gasteiger charge is 2.46. The van der Waals surface area contributed by atoms with E-state index < -0.39 is 0 Å². The lowest BCUT2D eigenvalue weighted by molar-refractivity contribution is -0.152. The molecule has 3 aliphatic carbocycles. The van der Waals surface area contributed by atoms with E-state index >= 15 is 0 Å². The van der Waals surface area contributed by atoms with Crippen LogP contribution in [0.5, 0.6) is 0 Å². The van der Waals surface area contributed by atoms with Crippen molar-refractivity contribution in [2.45, 2.75) is 65.9 Å². The number of rotatable bonds is 3. The molecule has 1 unspecified atom stereocenters. The van der Waals surface area contributed by atoms with Crippen molar-refractivity contribution in [1.82, 2.24) is 0 Å². The number of ketones is 1. The molecule has 0 amide bonds. The second-order valence-corrected chi connectivity index (χ2v) is 7.68. The van der Waals surface area contributed by atoms with Crippen molar-refractivity contribution in [3.8, 4) is 0 Å². The Morgan fingerprint density at radius 3 is 2.79 bits per heavy atom. The zero-order valence-electron chi connectivity index (χ0n) is 15.2. The maximum Gasteiger partial charge on any atom is 0.302 e. The number of hydrogen-bond donors (Lipinski definition) is 0. The molecular weight excluding hydrogens is 300 g/mol.